The van der Waals surface area contributed by atoms with Gasteiger partial charge in [-0.25, -0.2) is 0 Å². The Kier molecular flexibility index (Phi) is 3.71. The molecule has 14 heavy (non-hydrogen) atoms. The second-order valence-corrected chi connectivity index (χ2v) is 5.49. The highest BCUT2D eigenvalue weighted by atomic mass is 127. The van der Waals surface area contributed by atoms with Crippen LogP contribution in [0.25, 0.3) is 0 Å². The molecule has 3 heteroatoms. The van der Waals surface area contributed by atoms with Crippen molar-refractivity contribution in [2.45, 2.75) is 44.3 Å². The predicted octanol–water partition coefficient (Wildman–Crippen LogP) is 2.79. The molecule has 82 valence electrons. The van der Waals surface area contributed by atoms with Crippen molar-refractivity contribution in [2.75, 3.05) is 17.6 Å². The van der Waals surface area contributed by atoms with E-state index in [0.717, 1.165) is 23.6 Å². The van der Waals surface area contributed by atoms with E-state index in [1.807, 2.05) is 0 Å². The van der Waals surface area contributed by atoms with E-state index >= 15 is 0 Å². The van der Waals surface area contributed by atoms with E-state index in [2.05, 4.69) is 29.5 Å². The van der Waals surface area contributed by atoms with Gasteiger partial charge in [0.1, 0.15) is 0 Å². The van der Waals surface area contributed by atoms with E-state index in [9.17, 15) is 0 Å². The number of halogens is 1. The molecule has 2 nitrogen and oxygen atoms in total. The molecule has 0 aromatic carbocycles. The summed E-state index contributed by atoms with van der Waals surface area (Å²) in [5, 5.41) is 0. The number of ether oxygens (including phenoxy) is 2. The molecule has 2 unspecified atom stereocenters. The van der Waals surface area contributed by atoms with Gasteiger partial charge in [-0.3, -0.25) is 0 Å². The van der Waals surface area contributed by atoms with E-state index in [0.29, 0.717) is 6.10 Å². The second-order valence-electron chi connectivity index (χ2n) is 4.73. The summed E-state index contributed by atoms with van der Waals surface area (Å²) in [7, 11) is 0. The fourth-order valence-corrected chi connectivity index (χ4v) is 3.01. The molecule has 0 aliphatic carbocycles. The van der Waals surface area contributed by atoms with Crippen LogP contribution in [0.1, 0.15) is 32.6 Å². The lowest BCUT2D eigenvalue weighted by Gasteiger charge is -2.29. The molecule has 0 spiro atoms. The molecule has 0 amide bonds. The van der Waals surface area contributed by atoms with Crippen LogP contribution in [0.4, 0.5) is 0 Å². The Bertz CT molecular complexity index is 192. The minimum absolute atomic E-state index is 0.156. The minimum Gasteiger partial charge on any atom is -0.381 e. The summed E-state index contributed by atoms with van der Waals surface area (Å²) >= 11 is 2.44. The number of rotatable bonds is 2. The third-order valence-electron chi connectivity index (χ3n) is 3.47. The van der Waals surface area contributed by atoms with Gasteiger partial charge >= 0.3 is 0 Å². The van der Waals surface area contributed by atoms with Gasteiger partial charge in [-0.05, 0) is 38.5 Å². The Labute approximate surface area is 99.9 Å². The van der Waals surface area contributed by atoms with Crippen LogP contribution in [-0.2, 0) is 9.47 Å². The summed E-state index contributed by atoms with van der Waals surface area (Å²) < 4.78 is 12.7. The van der Waals surface area contributed by atoms with Gasteiger partial charge < -0.3 is 9.47 Å². The van der Waals surface area contributed by atoms with Crippen molar-refractivity contribution in [1.29, 1.82) is 0 Å². The van der Waals surface area contributed by atoms with E-state index in [1.165, 1.54) is 25.7 Å². The Morgan fingerprint density at radius 1 is 1.29 bits per heavy atom. The monoisotopic (exact) mass is 310 g/mol. The first-order valence-corrected chi connectivity index (χ1v) is 7.08. The molecular weight excluding hydrogens is 291 g/mol. The average Bonchev–Trinajstić information content (AvgIpc) is 2.63. The Morgan fingerprint density at radius 3 is 2.57 bits per heavy atom. The lowest BCUT2D eigenvalue weighted by molar-refractivity contribution is -0.0616. The summed E-state index contributed by atoms with van der Waals surface area (Å²) in [5.41, 5.74) is 0.156. The SMILES string of the molecule is CC1(CI)CCC(C2CCOCC2)O1. The quantitative estimate of drug-likeness (QED) is 0.577. The first kappa shape index (κ1) is 11.1. The van der Waals surface area contributed by atoms with Gasteiger partial charge in [0.05, 0.1) is 11.7 Å². The van der Waals surface area contributed by atoms with Crippen molar-refractivity contribution in [1.82, 2.24) is 0 Å². The molecule has 2 aliphatic heterocycles. The predicted molar refractivity (Wildman–Crippen MR) is 64.9 cm³/mol. The summed E-state index contributed by atoms with van der Waals surface area (Å²) in [6, 6.07) is 0. The summed E-state index contributed by atoms with van der Waals surface area (Å²) in [6.07, 6.45) is 5.39. The van der Waals surface area contributed by atoms with Crippen LogP contribution in [0.5, 0.6) is 0 Å². The molecule has 2 heterocycles. The number of hydrogen-bond donors (Lipinski definition) is 0. The van der Waals surface area contributed by atoms with Gasteiger partial charge in [-0.2, -0.15) is 0 Å². The topological polar surface area (TPSA) is 18.5 Å². The van der Waals surface area contributed by atoms with Crippen molar-refractivity contribution < 1.29 is 9.47 Å². The summed E-state index contributed by atoms with van der Waals surface area (Å²) in [5.74, 6) is 0.758. The molecule has 2 rings (SSSR count). The standard InChI is InChI=1S/C11H19IO2/c1-11(8-12)5-2-10(14-11)9-3-6-13-7-4-9/h9-10H,2-8H2,1H3. The van der Waals surface area contributed by atoms with Crippen LogP contribution in [0.3, 0.4) is 0 Å². The van der Waals surface area contributed by atoms with Gasteiger partial charge in [0.2, 0.25) is 0 Å². The highest BCUT2D eigenvalue weighted by Gasteiger charge is 2.38. The van der Waals surface area contributed by atoms with E-state index in [4.69, 9.17) is 9.47 Å². The highest BCUT2D eigenvalue weighted by molar-refractivity contribution is 14.1. The van der Waals surface area contributed by atoms with Crippen LogP contribution in [0.2, 0.25) is 0 Å². The Morgan fingerprint density at radius 2 is 2.00 bits per heavy atom. The fraction of sp³-hybridized carbons (Fsp3) is 1.00. The number of hydrogen-bond acceptors (Lipinski definition) is 2. The molecule has 0 radical (unpaired) electrons. The maximum atomic E-state index is 6.17. The van der Waals surface area contributed by atoms with Crippen molar-refractivity contribution in [2.24, 2.45) is 5.92 Å². The van der Waals surface area contributed by atoms with Crippen molar-refractivity contribution >= 4 is 22.6 Å². The third-order valence-corrected chi connectivity index (χ3v) is 5.08. The highest BCUT2D eigenvalue weighted by Crippen LogP contribution is 2.37. The van der Waals surface area contributed by atoms with Crippen LogP contribution < -0.4 is 0 Å². The first-order valence-electron chi connectivity index (χ1n) is 5.55. The third kappa shape index (κ3) is 2.42. The Hall–Kier alpha value is 0.650. The zero-order valence-corrected chi connectivity index (χ0v) is 11.0. The van der Waals surface area contributed by atoms with E-state index in [1.54, 1.807) is 0 Å². The van der Waals surface area contributed by atoms with Crippen LogP contribution in [-0.4, -0.2) is 29.3 Å². The molecular formula is C11H19IO2. The largest absolute Gasteiger partial charge is 0.381 e. The van der Waals surface area contributed by atoms with Crippen LogP contribution in [0, 0.1) is 5.92 Å². The molecule has 2 saturated heterocycles. The fourth-order valence-electron chi connectivity index (χ4n) is 2.45. The normalized spacial score (nSPS) is 40.3. The van der Waals surface area contributed by atoms with Crippen molar-refractivity contribution in [3.63, 3.8) is 0 Å². The van der Waals surface area contributed by atoms with Gasteiger partial charge in [0, 0.05) is 17.6 Å². The smallest absolute Gasteiger partial charge is 0.0748 e. The molecule has 0 aromatic heterocycles. The van der Waals surface area contributed by atoms with Gasteiger partial charge in [-0.15, -0.1) is 0 Å². The maximum absolute atomic E-state index is 6.17. The zero-order chi connectivity index (χ0) is 10.0. The Balaban J connectivity index is 1.88. The van der Waals surface area contributed by atoms with Gasteiger partial charge in [0.15, 0.2) is 0 Å². The molecule has 2 aliphatic rings. The molecule has 0 bridgehead atoms. The summed E-state index contributed by atoms with van der Waals surface area (Å²) in [6.45, 7) is 4.12. The molecule has 2 fully saturated rings. The average molecular weight is 310 g/mol. The van der Waals surface area contributed by atoms with Crippen LogP contribution in [0.15, 0.2) is 0 Å². The molecule has 0 aromatic rings. The van der Waals surface area contributed by atoms with Gasteiger partial charge in [-0.1, -0.05) is 22.6 Å². The lowest BCUT2D eigenvalue weighted by Crippen LogP contribution is -2.32. The number of alkyl halides is 1. The minimum atomic E-state index is 0.156. The maximum Gasteiger partial charge on any atom is 0.0748 e. The summed E-state index contributed by atoms with van der Waals surface area (Å²) in [4.78, 5) is 0. The second kappa shape index (κ2) is 4.66. The van der Waals surface area contributed by atoms with Crippen LogP contribution >= 0.6 is 22.6 Å². The lowest BCUT2D eigenvalue weighted by atomic mass is 9.92. The first-order chi connectivity index (χ1) is 6.73. The van der Waals surface area contributed by atoms with E-state index in [-0.39, 0.29) is 5.60 Å². The van der Waals surface area contributed by atoms with Gasteiger partial charge in [0.25, 0.3) is 0 Å². The zero-order valence-electron chi connectivity index (χ0n) is 8.80. The van der Waals surface area contributed by atoms with Crippen molar-refractivity contribution in [3.05, 3.63) is 0 Å². The van der Waals surface area contributed by atoms with E-state index < -0.39 is 0 Å². The molecule has 0 N–H and O–H groups in total. The molecule has 2 atom stereocenters. The van der Waals surface area contributed by atoms with Crippen molar-refractivity contribution in [3.8, 4) is 0 Å². The molecule has 0 saturated carbocycles.